The summed E-state index contributed by atoms with van der Waals surface area (Å²) in [5, 5.41) is 12.3. The number of hydrogen-bond acceptors (Lipinski definition) is 4. The van der Waals surface area contributed by atoms with Gasteiger partial charge in [-0.3, -0.25) is 0 Å². The molecular formula is C13H15N3O. The third-order valence-corrected chi connectivity index (χ3v) is 3.45. The van der Waals surface area contributed by atoms with Gasteiger partial charge < -0.3 is 10.1 Å². The van der Waals surface area contributed by atoms with Crippen LogP contribution in [0.25, 0.3) is 0 Å². The first-order valence-corrected chi connectivity index (χ1v) is 6.11. The Labute approximate surface area is 101 Å². The summed E-state index contributed by atoms with van der Waals surface area (Å²) in [6.45, 7) is 0.842. The molecule has 2 atom stereocenters. The van der Waals surface area contributed by atoms with E-state index in [0.717, 1.165) is 24.6 Å². The number of nitrogens with zero attached hydrogens (tertiary/aromatic N) is 2. The van der Waals surface area contributed by atoms with Crippen molar-refractivity contribution in [3.63, 3.8) is 0 Å². The van der Waals surface area contributed by atoms with Gasteiger partial charge >= 0.3 is 0 Å². The Morgan fingerprint density at radius 1 is 1.41 bits per heavy atom. The largest absolute Gasteiger partial charge is 0.379 e. The molecule has 2 unspecified atom stereocenters. The van der Waals surface area contributed by atoms with Gasteiger partial charge in [0.1, 0.15) is 11.8 Å². The van der Waals surface area contributed by atoms with E-state index in [-0.39, 0.29) is 0 Å². The molecule has 4 nitrogen and oxygen atoms in total. The maximum atomic E-state index is 8.81. The van der Waals surface area contributed by atoms with Crippen LogP contribution in [0.5, 0.6) is 0 Å². The smallest absolute Gasteiger partial charge is 0.142 e. The molecule has 0 bridgehead atoms. The number of ether oxygens (including phenoxy) is 1. The molecule has 0 spiro atoms. The van der Waals surface area contributed by atoms with E-state index in [2.05, 4.69) is 16.4 Å². The zero-order chi connectivity index (χ0) is 11.7. The average Bonchev–Trinajstić information content (AvgIpc) is 3.11. The van der Waals surface area contributed by atoms with E-state index in [1.807, 2.05) is 6.07 Å². The maximum Gasteiger partial charge on any atom is 0.142 e. The molecule has 1 aromatic heterocycles. The molecule has 1 aromatic rings. The van der Waals surface area contributed by atoms with Gasteiger partial charge in [0.25, 0.3) is 0 Å². The number of hydrogen-bond donors (Lipinski definition) is 1. The molecule has 17 heavy (non-hydrogen) atoms. The number of pyridine rings is 1. The number of aromatic nitrogens is 1. The molecule has 3 rings (SSSR count). The van der Waals surface area contributed by atoms with Gasteiger partial charge in [0.2, 0.25) is 0 Å². The fraction of sp³-hybridized carbons (Fsp3) is 0.538. The standard InChI is InChI=1S/C13H15N3O/c14-8-11-7-10(3-5-15-11)16-12-4-6-17-13(12)9-1-2-9/h3,5,7,9,12-13H,1-2,4,6H2,(H,15,16). The van der Waals surface area contributed by atoms with Crippen LogP contribution in [0.4, 0.5) is 5.69 Å². The highest BCUT2D eigenvalue weighted by atomic mass is 16.5. The number of nitriles is 1. The molecule has 1 N–H and O–H groups in total. The van der Waals surface area contributed by atoms with Crippen molar-refractivity contribution in [1.29, 1.82) is 5.26 Å². The van der Waals surface area contributed by atoms with Crippen molar-refractivity contribution < 1.29 is 4.74 Å². The lowest BCUT2D eigenvalue weighted by atomic mass is 10.1. The second-order valence-electron chi connectivity index (χ2n) is 4.75. The Hall–Kier alpha value is -1.60. The number of nitrogens with one attached hydrogen (secondary N) is 1. The Bertz CT molecular complexity index is 450. The summed E-state index contributed by atoms with van der Waals surface area (Å²) in [4.78, 5) is 3.97. The lowest BCUT2D eigenvalue weighted by Crippen LogP contribution is -2.30. The van der Waals surface area contributed by atoms with Crippen molar-refractivity contribution in [1.82, 2.24) is 4.98 Å². The van der Waals surface area contributed by atoms with E-state index >= 15 is 0 Å². The van der Waals surface area contributed by atoms with E-state index < -0.39 is 0 Å². The van der Waals surface area contributed by atoms with E-state index in [1.54, 1.807) is 12.3 Å². The second-order valence-corrected chi connectivity index (χ2v) is 4.75. The molecule has 0 aromatic carbocycles. The van der Waals surface area contributed by atoms with E-state index in [0.29, 0.717) is 17.8 Å². The zero-order valence-electron chi connectivity index (χ0n) is 9.60. The van der Waals surface area contributed by atoms with Gasteiger partial charge in [0.15, 0.2) is 0 Å². The van der Waals surface area contributed by atoms with Crippen LogP contribution in [-0.2, 0) is 4.74 Å². The maximum absolute atomic E-state index is 8.81. The highest BCUT2D eigenvalue weighted by Crippen LogP contribution is 2.39. The van der Waals surface area contributed by atoms with Gasteiger partial charge in [0, 0.05) is 18.5 Å². The van der Waals surface area contributed by atoms with Crippen LogP contribution >= 0.6 is 0 Å². The van der Waals surface area contributed by atoms with Crippen LogP contribution in [0.3, 0.4) is 0 Å². The zero-order valence-corrected chi connectivity index (χ0v) is 9.60. The first kappa shape index (κ1) is 10.5. The Balaban J connectivity index is 1.71. The Kier molecular flexibility index (Phi) is 2.69. The molecule has 2 fully saturated rings. The fourth-order valence-corrected chi connectivity index (χ4v) is 2.45. The molecule has 2 heterocycles. The third kappa shape index (κ3) is 2.25. The van der Waals surface area contributed by atoms with Crippen molar-refractivity contribution in [3.8, 4) is 6.07 Å². The van der Waals surface area contributed by atoms with Crippen molar-refractivity contribution in [2.75, 3.05) is 11.9 Å². The summed E-state index contributed by atoms with van der Waals surface area (Å²) in [6.07, 6.45) is 5.66. The molecule has 1 saturated carbocycles. The SMILES string of the molecule is N#Cc1cc(NC2CCOC2C2CC2)ccn1. The van der Waals surface area contributed by atoms with Gasteiger partial charge in [-0.1, -0.05) is 0 Å². The van der Waals surface area contributed by atoms with Crippen LogP contribution in [0.15, 0.2) is 18.3 Å². The minimum atomic E-state index is 0.355. The van der Waals surface area contributed by atoms with Crippen LogP contribution in [0.1, 0.15) is 25.0 Å². The number of anilines is 1. The molecule has 1 aliphatic carbocycles. The summed E-state index contributed by atoms with van der Waals surface area (Å²) >= 11 is 0. The quantitative estimate of drug-likeness (QED) is 0.860. The molecule has 88 valence electrons. The minimum Gasteiger partial charge on any atom is -0.379 e. The summed E-state index contributed by atoms with van der Waals surface area (Å²) in [7, 11) is 0. The van der Waals surface area contributed by atoms with Crippen molar-refractivity contribution in [3.05, 3.63) is 24.0 Å². The van der Waals surface area contributed by atoms with Gasteiger partial charge in [-0.2, -0.15) is 5.26 Å². The molecule has 1 saturated heterocycles. The fourth-order valence-electron chi connectivity index (χ4n) is 2.45. The molecule has 0 radical (unpaired) electrons. The normalized spacial score (nSPS) is 27.7. The predicted octanol–water partition coefficient (Wildman–Crippen LogP) is 1.93. The lowest BCUT2D eigenvalue weighted by Gasteiger charge is -2.20. The molecule has 0 amide bonds. The molecule has 2 aliphatic rings. The third-order valence-electron chi connectivity index (χ3n) is 3.45. The molecule has 1 aliphatic heterocycles. The van der Waals surface area contributed by atoms with Gasteiger partial charge in [-0.25, -0.2) is 4.98 Å². The van der Waals surface area contributed by atoms with Crippen molar-refractivity contribution in [2.24, 2.45) is 5.92 Å². The van der Waals surface area contributed by atoms with Crippen LogP contribution in [-0.4, -0.2) is 23.7 Å². The minimum absolute atomic E-state index is 0.355. The predicted molar refractivity (Wildman–Crippen MR) is 63.4 cm³/mol. The molecule has 4 heteroatoms. The summed E-state index contributed by atoms with van der Waals surface area (Å²) in [5.41, 5.74) is 1.43. The first-order chi connectivity index (χ1) is 8.36. The average molecular weight is 229 g/mol. The van der Waals surface area contributed by atoms with Gasteiger partial charge in [-0.15, -0.1) is 0 Å². The number of rotatable bonds is 3. The van der Waals surface area contributed by atoms with E-state index in [1.165, 1.54) is 12.8 Å². The summed E-state index contributed by atoms with van der Waals surface area (Å²) < 4.78 is 5.78. The van der Waals surface area contributed by atoms with Crippen LogP contribution in [0.2, 0.25) is 0 Å². The van der Waals surface area contributed by atoms with Crippen molar-refractivity contribution >= 4 is 5.69 Å². The van der Waals surface area contributed by atoms with E-state index in [4.69, 9.17) is 10.00 Å². The van der Waals surface area contributed by atoms with Gasteiger partial charge in [-0.05, 0) is 37.3 Å². The monoisotopic (exact) mass is 229 g/mol. The van der Waals surface area contributed by atoms with Crippen LogP contribution in [0, 0.1) is 17.2 Å². The Morgan fingerprint density at radius 2 is 2.29 bits per heavy atom. The highest BCUT2D eigenvalue weighted by Gasteiger charge is 2.40. The van der Waals surface area contributed by atoms with Crippen molar-refractivity contribution in [2.45, 2.75) is 31.4 Å². The van der Waals surface area contributed by atoms with Crippen LogP contribution < -0.4 is 5.32 Å². The summed E-state index contributed by atoms with van der Waals surface area (Å²) in [5.74, 6) is 0.743. The summed E-state index contributed by atoms with van der Waals surface area (Å²) in [6, 6.07) is 6.14. The second kappa shape index (κ2) is 4.34. The highest BCUT2D eigenvalue weighted by molar-refractivity contribution is 5.47. The molecular weight excluding hydrogens is 214 g/mol. The lowest BCUT2D eigenvalue weighted by molar-refractivity contribution is 0.0898. The first-order valence-electron chi connectivity index (χ1n) is 6.11. The Morgan fingerprint density at radius 3 is 3.06 bits per heavy atom. The van der Waals surface area contributed by atoms with Gasteiger partial charge in [0.05, 0.1) is 12.1 Å². The van der Waals surface area contributed by atoms with E-state index in [9.17, 15) is 0 Å². The topological polar surface area (TPSA) is 57.9 Å².